The molecular weight excluding hydrogens is 424 g/mol. The first-order valence-electron chi connectivity index (χ1n) is 11.1. The van der Waals surface area contributed by atoms with Gasteiger partial charge in [0.05, 0.1) is 18.7 Å². The van der Waals surface area contributed by atoms with Gasteiger partial charge in [0.2, 0.25) is 6.79 Å². The highest BCUT2D eigenvalue weighted by molar-refractivity contribution is 6.46. The number of Topliss-reactive ketones (excluding diaryl/α,β-unsaturated/α-hetero) is 1. The van der Waals surface area contributed by atoms with Gasteiger partial charge in [-0.1, -0.05) is 18.2 Å². The van der Waals surface area contributed by atoms with Crippen LogP contribution in [0.15, 0.2) is 48.0 Å². The highest BCUT2D eigenvalue weighted by atomic mass is 16.7. The molecular formula is C25H26N2O6. The van der Waals surface area contributed by atoms with Crippen LogP contribution >= 0.6 is 0 Å². The van der Waals surface area contributed by atoms with Gasteiger partial charge in [-0.25, -0.2) is 0 Å². The van der Waals surface area contributed by atoms with Crippen LogP contribution in [0, 0.1) is 0 Å². The number of hydrogen-bond acceptors (Lipinski definition) is 7. The highest BCUT2D eigenvalue weighted by Crippen LogP contribution is 2.43. The van der Waals surface area contributed by atoms with Crippen molar-refractivity contribution >= 4 is 17.4 Å². The minimum absolute atomic E-state index is 0.0635. The molecule has 1 amide bonds. The van der Waals surface area contributed by atoms with Crippen LogP contribution in [0.2, 0.25) is 0 Å². The highest BCUT2D eigenvalue weighted by Gasteiger charge is 2.46. The molecule has 3 aliphatic rings. The van der Waals surface area contributed by atoms with E-state index in [2.05, 4.69) is 4.90 Å². The molecule has 3 heterocycles. The van der Waals surface area contributed by atoms with Gasteiger partial charge in [-0.15, -0.1) is 0 Å². The van der Waals surface area contributed by atoms with Crippen LogP contribution < -0.4 is 14.2 Å². The quantitative estimate of drug-likeness (QED) is 0.411. The van der Waals surface area contributed by atoms with Crippen molar-refractivity contribution in [2.45, 2.75) is 18.9 Å². The summed E-state index contributed by atoms with van der Waals surface area (Å²) >= 11 is 0. The molecule has 2 aromatic carbocycles. The van der Waals surface area contributed by atoms with E-state index in [1.54, 1.807) is 41.3 Å². The van der Waals surface area contributed by atoms with Crippen molar-refractivity contribution in [1.29, 1.82) is 0 Å². The molecule has 5 rings (SSSR count). The second kappa shape index (κ2) is 8.78. The van der Waals surface area contributed by atoms with Crippen molar-refractivity contribution < 1.29 is 28.9 Å². The Labute approximate surface area is 192 Å². The molecule has 2 aromatic rings. The molecule has 2 saturated heterocycles. The Balaban J connectivity index is 1.58. The lowest BCUT2D eigenvalue weighted by molar-refractivity contribution is -0.140. The summed E-state index contributed by atoms with van der Waals surface area (Å²) in [6.07, 6.45) is 2.28. The van der Waals surface area contributed by atoms with Gasteiger partial charge in [-0.05, 0) is 55.8 Å². The zero-order valence-corrected chi connectivity index (χ0v) is 18.5. The van der Waals surface area contributed by atoms with Gasteiger partial charge in [0.25, 0.3) is 11.7 Å². The molecule has 1 atom stereocenters. The van der Waals surface area contributed by atoms with Crippen molar-refractivity contribution in [2.24, 2.45) is 0 Å². The number of likely N-dealkylation sites (tertiary alicyclic amines) is 2. The van der Waals surface area contributed by atoms with Crippen LogP contribution in [0.25, 0.3) is 5.76 Å². The second-order valence-electron chi connectivity index (χ2n) is 8.39. The molecule has 0 spiro atoms. The lowest BCUT2D eigenvalue weighted by Crippen LogP contribution is -2.37. The SMILES string of the molecule is COc1cccc(C(O)=C2C(=O)C(=O)N(CCN3CCCC3)C2c2ccc3c(c2)OCO3)c1. The molecule has 0 radical (unpaired) electrons. The van der Waals surface area contributed by atoms with Crippen LogP contribution in [0.1, 0.15) is 30.0 Å². The number of carbonyl (C=O) groups is 2. The number of methoxy groups -OCH3 is 1. The summed E-state index contributed by atoms with van der Waals surface area (Å²) in [7, 11) is 1.53. The van der Waals surface area contributed by atoms with Gasteiger partial charge in [0, 0.05) is 18.7 Å². The van der Waals surface area contributed by atoms with Crippen molar-refractivity contribution in [3.63, 3.8) is 0 Å². The first kappa shape index (κ1) is 21.3. The maximum Gasteiger partial charge on any atom is 0.295 e. The molecule has 3 aliphatic heterocycles. The second-order valence-corrected chi connectivity index (χ2v) is 8.39. The smallest absolute Gasteiger partial charge is 0.295 e. The molecule has 1 unspecified atom stereocenters. The summed E-state index contributed by atoms with van der Waals surface area (Å²) < 4.78 is 16.2. The number of ether oxygens (including phenoxy) is 3. The molecule has 33 heavy (non-hydrogen) atoms. The minimum atomic E-state index is -0.728. The molecule has 0 aliphatic carbocycles. The largest absolute Gasteiger partial charge is 0.507 e. The number of aliphatic hydroxyl groups excluding tert-OH is 1. The number of hydrogen-bond donors (Lipinski definition) is 1. The molecule has 8 nitrogen and oxygen atoms in total. The number of amides is 1. The summed E-state index contributed by atoms with van der Waals surface area (Å²) in [5.74, 6) is 0.181. The number of ketones is 1. The summed E-state index contributed by atoms with van der Waals surface area (Å²) in [5.41, 5.74) is 1.16. The van der Waals surface area contributed by atoms with E-state index in [1.165, 1.54) is 7.11 Å². The molecule has 8 heteroatoms. The van der Waals surface area contributed by atoms with E-state index in [0.29, 0.717) is 41.5 Å². The van der Waals surface area contributed by atoms with Crippen LogP contribution in [0.4, 0.5) is 0 Å². The standard InChI is InChI=1S/C25H26N2O6/c1-31-18-6-4-5-17(13-18)23(28)21-22(16-7-8-19-20(14-16)33-15-32-19)27(25(30)24(21)29)12-11-26-9-2-3-10-26/h4-8,13-14,22,28H,2-3,9-12,15H2,1H3. The number of fused-ring (bicyclic) bond motifs is 1. The summed E-state index contributed by atoms with van der Waals surface area (Å²) in [6, 6.07) is 11.4. The van der Waals surface area contributed by atoms with Crippen LogP contribution in [0.3, 0.4) is 0 Å². The monoisotopic (exact) mass is 450 g/mol. The Morgan fingerprint density at radius 1 is 1.06 bits per heavy atom. The van der Waals surface area contributed by atoms with Crippen LogP contribution in [0.5, 0.6) is 17.2 Å². The maximum atomic E-state index is 13.2. The summed E-state index contributed by atoms with van der Waals surface area (Å²) in [6.45, 7) is 3.16. The predicted octanol–water partition coefficient (Wildman–Crippen LogP) is 2.94. The number of benzene rings is 2. The third-order valence-corrected chi connectivity index (χ3v) is 6.45. The first-order valence-corrected chi connectivity index (χ1v) is 11.1. The van der Waals surface area contributed by atoms with E-state index >= 15 is 0 Å². The van der Waals surface area contributed by atoms with Crippen molar-refractivity contribution in [1.82, 2.24) is 9.80 Å². The Morgan fingerprint density at radius 3 is 2.64 bits per heavy atom. The van der Waals surface area contributed by atoms with Gasteiger partial charge in [-0.3, -0.25) is 9.59 Å². The Hall–Kier alpha value is -3.52. The molecule has 2 fully saturated rings. The number of aliphatic hydroxyl groups is 1. The Morgan fingerprint density at radius 2 is 1.85 bits per heavy atom. The molecule has 172 valence electrons. The number of nitrogens with zero attached hydrogens (tertiary/aromatic N) is 2. The van der Waals surface area contributed by atoms with Crippen molar-refractivity contribution in [2.75, 3.05) is 40.1 Å². The lowest BCUT2D eigenvalue weighted by Gasteiger charge is -2.27. The fourth-order valence-corrected chi connectivity index (χ4v) is 4.72. The summed E-state index contributed by atoms with van der Waals surface area (Å²) in [5, 5.41) is 11.2. The van der Waals surface area contributed by atoms with E-state index in [1.807, 2.05) is 6.07 Å². The minimum Gasteiger partial charge on any atom is -0.507 e. The molecule has 1 N–H and O–H groups in total. The third-order valence-electron chi connectivity index (χ3n) is 6.45. The fraction of sp³-hybridized carbons (Fsp3) is 0.360. The van der Waals surface area contributed by atoms with Crippen molar-refractivity contribution in [3.8, 4) is 17.2 Å². The lowest BCUT2D eigenvalue weighted by atomic mass is 9.95. The van der Waals surface area contributed by atoms with E-state index in [-0.39, 0.29) is 18.1 Å². The molecule has 0 saturated carbocycles. The van der Waals surface area contributed by atoms with Gasteiger partial charge < -0.3 is 29.1 Å². The van der Waals surface area contributed by atoms with Gasteiger partial charge in [-0.2, -0.15) is 0 Å². The normalized spacial score (nSPS) is 21.7. The zero-order valence-electron chi connectivity index (χ0n) is 18.5. The molecule has 0 aromatic heterocycles. The predicted molar refractivity (Wildman–Crippen MR) is 120 cm³/mol. The maximum absolute atomic E-state index is 13.2. The average Bonchev–Trinajstić information content (AvgIpc) is 3.58. The topological polar surface area (TPSA) is 88.5 Å². The van der Waals surface area contributed by atoms with Crippen LogP contribution in [-0.4, -0.2) is 66.7 Å². The van der Waals surface area contributed by atoms with E-state index in [0.717, 1.165) is 25.9 Å². The Bertz CT molecular complexity index is 1120. The van der Waals surface area contributed by atoms with E-state index in [4.69, 9.17) is 14.2 Å². The average molecular weight is 450 g/mol. The number of carbonyl (C=O) groups excluding carboxylic acids is 2. The van der Waals surface area contributed by atoms with E-state index < -0.39 is 17.7 Å². The summed E-state index contributed by atoms with van der Waals surface area (Å²) in [4.78, 5) is 30.2. The molecule has 0 bridgehead atoms. The van der Waals surface area contributed by atoms with Gasteiger partial charge in [0.1, 0.15) is 11.5 Å². The number of rotatable bonds is 6. The first-order chi connectivity index (χ1) is 16.1. The van der Waals surface area contributed by atoms with Gasteiger partial charge >= 0.3 is 0 Å². The third kappa shape index (κ3) is 3.91. The van der Waals surface area contributed by atoms with Crippen molar-refractivity contribution in [3.05, 3.63) is 59.2 Å². The Kier molecular flexibility index (Phi) is 5.68. The zero-order chi connectivity index (χ0) is 22.9. The van der Waals surface area contributed by atoms with Gasteiger partial charge in [0.15, 0.2) is 11.5 Å². The fourth-order valence-electron chi connectivity index (χ4n) is 4.72. The van der Waals surface area contributed by atoms with E-state index in [9.17, 15) is 14.7 Å². The van der Waals surface area contributed by atoms with Crippen LogP contribution in [-0.2, 0) is 9.59 Å².